The number of hydrogen-bond donors (Lipinski definition) is 2. The van der Waals surface area contributed by atoms with Gasteiger partial charge in [0.1, 0.15) is 5.75 Å². The van der Waals surface area contributed by atoms with E-state index < -0.39 is 11.8 Å². The van der Waals surface area contributed by atoms with Crippen molar-refractivity contribution >= 4 is 90.5 Å². The average molecular weight is 773 g/mol. The van der Waals surface area contributed by atoms with E-state index in [9.17, 15) is 19.2 Å². The maximum Gasteiger partial charge on any atom is 0.305 e. The van der Waals surface area contributed by atoms with E-state index in [1.165, 1.54) is 16.2 Å². The maximum atomic E-state index is 14.1. The third kappa shape index (κ3) is 4.99. The van der Waals surface area contributed by atoms with Gasteiger partial charge in [-0.1, -0.05) is 75.3 Å². The number of aromatic nitrogens is 1. The predicted octanol–water partition coefficient (Wildman–Crippen LogP) is 7.70. The first-order chi connectivity index (χ1) is 23.8. The second-order valence-electron chi connectivity index (χ2n) is 13.0. The van der Waals surface area contributed by atoms with Crippen molar-refractivity contribution in [2.24, 2.45) is 29.6 Å². The summed E-state index contributed by atoms with van der Waals surface area (Å²) in [5.41, 5.74) is 2.08. The molecule has 4 aliphatic rings. The number of thiazole rings is 1. The topological polar surface area (TPSA) is 109 Å². The van der Waals surface area contributed by atoms with Gasteiger partial charge in [0.05, 0.1) is 22.5 Å². The number of thioether (sulfide) groups is 1. The zero-order chi connectivity index (χ0) is 33.6. The monoisotopic (exact) mass is 771 g/mol. The molecule has 2 saturated carbocycles. The Hall–Kier alpha value is -3.90. The highest BCUT2D eigenvalue weighted by atomic mass is 79.9. The molecular weight excluding hydrogens is 746 g/mol. The Morgan fingerprint density at radius 1 is 0.959 bits per heavy atom. The highest BCUT2D eigenvalue weighted by Crippen LogP contribution is 2.69. The van der Waals surface area contributed by atoms with Crippen LogP contribution in [0.4, 0.5) is 11.4 Å². The molecule has 49 heavy (non-hydrogen) atoms. The second kappa shape index (κ2) is 11.9. The number of fused-ring (bicyclic) bond motifs is 10. The summed E-state index contributed by atoms with van der Waals surface area (Å²) in [6.07, 6.45) is 0.761. The summed E-state index contributed by atoms with van der Waals surface area (Å²) in [4.78, 5) is 59.3. The lowest BCUT2D eigenvalue weighted by atomic mass is 9.68. The molecule has 4 aromatic carbocycles. The van der Waals surface area contributed by atoms with E-state index in [0.29, 0.717) is 22.1 Å². The van der Waals surface area contributed by atoms with E-state index in [1.54, 1.807) is 36.0 Å². The van der Waals surface area contributed by atoms with Gasteiger partial charge < -0.3 is 15.0 Å². The van der Waals surface area contributed by atoms with E-state index in [-0.39, 0.29) is 58.1 Å². The number of carbonyl (C=O) groups excluding carboxylic acids is 3. The van der Waals surface area contributed by atoms with Crippen LogP contribution in [0.3, 0.4) is 0 Å². The number of H-pyrrole nitrogens is 1. The summed E-state index contributed by atoms with van der Waals surface area (Å²) in [7, 11) is 0. The van der Waals surface area contributed by atoms with E-state index in [0.717, 1.165) is 37.1 Å². The lowest BCUT2D eigenvalue weighted by molar-refractivity contribution is -0.123. The van der Waals surface area contributed by atoms with Crippen molar-refractivity contribution in [1.29, 1.82) is 0 Å². The van der Waals surface area contributed by atoms with Gasteiger partial charge >= 0.3 is 4.87 Å². The second-order valence-corrected chi connectivity index (χ2v) is 16.5. The Morgan fingerprint density at radius 2 is 1.71 bits per heavy atom. The number of ether oxygens (including phenoxy) is 1. The van der Waals surface area contributed by atoms with Gasteiger partial charge in [0.25, 0.3) is 5.91 Å². The van der Waals surface area contributed by atoms with Crippen molar-refractivity contribution < 1.29 is 19.1 Å². The lowest BCUT2D eigenvalue weighted by Gasteiger charge is -2.43. The van der Waals surface area contributed by atoms with Crippen LogP contribution in [0, 0.1) is 29.6 Å². The molecule has 0 spiro atoms. The molecule has 1 aromatic heterocycles. The molecule has 12 heteroatoms. The van der Waals surface area contributed by atoms with Crippen LogP contribution in [-0.4, -0.2) is 34.6 Å². The maximum absolute atomic E-state index is 14.1. The summed E-state index contributed by atoms with van der Waals surface area (Å²) in [5, 5.41) is 6.30. The molecule has 3 amide bonds. The summed E-state index contributed by atoms with van der Waals surface area (Å²) in [5.74, 6) is -1.35. The molecule has 9 rings (SSSR count). The molecule has 2 bridgehead atoms. The molecule has 5 aromatic rings. The number of benzene rings is 4. The number of nitrogens with zero attached hydrogens (tertiary/aromatic N) is 1. The molecular formula is C37H27BrClN3O5S2. The molecule has 246 valence electrons. The number of carbonyl (C=O) groups is 3. The number of imide groups is 1. The summed E-state index contributed by atoms with van der Waals surface area (Å²) < 4.78 is 7.12. The van der Waals surface area contributed by atoms with Gasteiger partial charge in [-0.25, -0.2) is 0 Å². The molecule has 2 N–H and O–H groups in total. The van der Waals surface area contributed by atoms with Gasteiger partial charge in [-0.3, -0.25) is 24.1 Å². The fourth-order valence-corrected chi connectivity index (χ4v) is 12.2. The minimum atomic E-state index is -0.447. The smallest absolute Gasteiger partial charge is 0.305 e. The van der Waals surface area contributed by atoms with Crippen molar-refractivity contribution in [3.05, 3.63) is 115 Å². The first-order valence-corrected chi connectivity index (χ1v) is 18.9. The molecule has 1 saturated heterocycles. The standard InChI is InChI=1S/C37H27BrClN3O5S2/c38-18-8-13-26(47-16-27(43)40-25-7-3-5-17-4-1-2-6-21(17)25)22(14-18)28-29-23-15-24(32(29)48-34-33(28)49-37(46)41-34)31-30(23)35(44)42(36(31)45)20-11-9-19(39)10-12-20/h1-14,23-24,28-32H,15-16H2,(H,40,43)(H,41,46)/t23-,24-,28+,29-,30+,31+,32-/m1/s1. The van der Waals surface area contributed by atoms with Gasteiger partial charge in [0.15, 0.2) is 6.61 Å². The average Bonchev–Trinajstić information content (AvgIpc) is 3.83. The fraction of sp³-hybridized carbons (Fsp3) is 0.243. The molecule has 2 aliphatic carbocycles. The normalized spacial score (nSPS) is 26.5. The molecule has 0 unspecified atom stereocenters. The fourth-order valence-electron chi connectivity index (χ4n) is 8.77. The number of rotatable bonds is 6. The molecule has 3 heterocycles. The molecule has 2 aliphatic heterocycles. The number of anilines is 2. The quantitative estimate of drug-likeness (QED) is 0.171. The van der Waals surface area contributed by atoms with Gasteiger partial charge in [-0.2, -0.15) is 0 Å². The third-order valence-corrected chi connectivity index (χ3v) is 13.9. The third-order valence-electron chi connectivity index (χ3n) is 10.5. The van der Waals surface area contributed by atoms with Crippen LogP contribution in [0.15, 0.2) is 99.2 Å². The number of aromatic amines is 1. The molecule has 8 nitrogen and oxygen atoms in total. The Kier molecular flexibility index (Phi) is 7.53. The van der Waals surface area contributed by atoms with E-state index in [4.69, 9.17) is 16.3 Å². The van der Waals surface area contributed by atoms with Gasteiger partial charge in [0.2, 0.25) is 11.8 Å². The van der Waals surface area contributed by atoms with E-state index in [2.05, 4.69) is 26.2 Å². The Bertz CT molecular complexity index is 2250. The van der Waals surface area contributed by atoms with Crippen LogP contribution < -0.4 is 19.8 Å². The van der Waals surface area contributed by atoms with Gasteiger partial charge in [-0.15, -0.1) is 11.8 Å². The van der Waals surface area contributed by atoms with Crippen molar-refractivity contribution in [1.82, 2.24) is 4.98 Å². The van der Waals surface area contributed by atoms with Gasteiger partial charge in [0, 0.05) is 42.2 Å². The lowest BCUT2D eigenvalue weighted by Crippen LogP contribution is -2.42. The van der Waals surface area contributed by atoms with Gasteiger partial charge in [-0.05, 0) is 78.1 Å². The highest BCUT2D eigenvalue weighted by molar-refractivity contribution is 9.10. The largest absolute Gasteiger partial charge is 0.483 e. The molecule has 3 fully saturated rings. The first kappa shape index (κ1) is 31.1. The van der Waals surface area contributed by atoms with Crippen molar-refractivity contribution in [2.45, 2.75) is 22.6 Å². The highest BCUT2D eigenvalue weighted by Gasteiger charge is 2.69. The number of hydrogen-bond acceptors (Lipinski definition) is 7. The molecule has 7 atom stereocenters. The van der Waals surface area contributed by atoms with Crippen molar-refractivity contribution in [3.8, 4) is 5.75 Å². The first-order valence-electron chi connectivity index (χ1n) is 16.0. The van der Waals surface area contributed by atoms with Crippen LogP contribution in [0.25, 0.3) is 10.8 Å². The SMILES string of the molecule is O=C(COc1ccc(Br)cc1[C@@H]1c2sc(=O)[nH]c2S[C@@H]2[C@@H]3C[C@@H]([C@@H]4C(=O)N(c5ccc(Cl)cc5)C(=O)[C@@H]34)[C@H]12)Nc1cccc2ccccc12. The Morgan fingerprint density at radius 3 is 2.53 bits per heavy atom. The minimum Gasteiger partial charge on any atom is -0.483 e. The summed E-state index contributed by atoms with van der Waals surface area (Å²) in [6.45, 7) is -0.219. The number of halogens is 2. The van der Waals surface area contributed by atoms with Crippen LogP contribution in [-0.2, 0) is 14.4 Å². The predicted molar refractivity (Wildman–Crippen MR) is 195 cm³/mol. The minimum absolute atomic E-state index is 0.0115. The summed E-state index contributed by atoms with van der Waals surface area (Å²) >= 11 is 12.6. The Labute approximate surface area is 302 Å². The van der Waals surface area contributed by atoms with Crippen LogP contribution in [0.1, 0.15) is 22.8 Å². The van der Waals surface area contributed by atoms with Crippen LogP contribution in [0.2, 0.25) is 5.02 Å². The molecule has 0 radical (unpaired) electrons. The van der Waals surface area contributed by atoms with Crippen molar-refractivity contribution in [3.63, 3.8) is 0 Å². The summed E-state index contributed by atoms with van der Waals surface area (Å²) in [6, 6.07) is 26.2. The van der Waals surface area contributed by atoms with Crippen LogP contribution >= 0.6 is 50.6 Å². The van der Waals surface area contributed by atoms with E-state index >= 15 is 0 Å². The number of nitrogens with one attached hydrogen (secondary N) is 2. The van der Waals surface area contributed by atoms with Crippen molar-refractivity contribution in [2.75, 3.05) is 16.8 Å². The zero-order valence-corrected chi connectivity index (χ0v) is 29.6. The van der Waals surface area contributed by atoms with Crippen LogP contribution in [0.5, 0.6) is 5.75 Å². The van der Waals surface area contributed by atoms with E-state index in [1.807, 2.05) is 60.7 Å². The zero-order valence-electron chi connectivity index (χ0n) is 25.6. The Balaban J connectivity index is 1.05. The number of amides is 3.